The van der Waals surface area contributed by atoms with Crippen LogP contribution in [0.3, 0.4) is 0 Å². The fourth-order valence-electron chi connectivity index (χ4n) is 1.90. The van der Waals surface area contributed by atoms with E-state index in [0.29, 0.717) is 6.54 Å². The minimum atomic E-state index is 0.194. The van der Waals surface area contributed by atoms with Gasteiger partial charge in [0.15, 0.2) is 5.82 Å². The Kier molecular flexibility index (Phi) is 5.68. The number of rotatable bonds is 8. The number of benzene rings is 1. The molecule has 0 spiro atoms. The van der Waals surface area contributed by atoms with Crippen LogP contribution in [0.15, 0.2) is 24.3 Å². The van der Waals surface area contributed by atoms with Gasteiger partial charge in [-0.15, -0.1) is 5.10 Å². The van der Waals surface area contributed by atoms with Gasteiger partial charge in [0.05, 0.1) is 18.3 Å². The molecule has 0 amide bonds. The van der Waals surface area contributed by atoms with Gasteiger partial charge in [-0.05, 0) is 48.9 Å². The van der Waals surface area contributed by atoms with Crippen molar-refractivity contribution in [3.8, 4) is 11.4 Å². The molecule has 1 aromatic carbocycles. The maximum Gasteiger partial charge on any atom is 0.170 e. The Labute approximate surface area is 125 Å². The molecule has 0 saturated heterocycles. The van der Waals surface area contributed by atoms with Gasteiger partial charge in [0, 0.05) is 6.07 Å². The van der Waals surface area contributed by atoms with Crippen molar-refractivity contribution in [3.05, 3.63) is 30.1 Å². The molecule has 1 heterocycles. The highest BCUT2D eigenvalue weighted by molar-refractivity contribution is 5.38. The largest absolute Gasteiger partial charge is 0.491 e. The minimum absolute atomic E-state index is 0.194. The Morgan fingerprint density at radius 1 is 1.33 bits per heavy atom. The number of nitrogens with zero attached hydrogens (tertiary/aromatic N) is 4. The Morgan fingerprint density at radius 3 is 2.95 bits per heavy atom. The Morgan fingerprint density at radius 2 is 2.19 bits per heavy atom. The average molecular weight is 289 g/mol. The molecule has 21 heavy (non-hydrogen) atoms. The summed E-state index contributed by atoms with van der Waals surface area (Å²) in [6.45, 7) is 7.89. The number of hydrogen-bond donors (Lipinski definition) is 1. The molecule has 1 aromatic heterocycles. The van der Waals surface area contributed by atoms with Crippen LogP contribution in [0.5, 0.6) is 5.75 Å². The van der Waals surface area contributed by atoms with Crippen molar-refractivity contribution < 1.29 is 4.74 Å². The van der Waals surface area contributed by atoms with E-state index in [4.69, 9.17) is 4.74 Å². The van der Waals surface area contributed by atoms with Gasteiger partial charge >= 0.3 is 0 Å². The molecule has 2 aromatic rings. The molecule has 0 bridgehead atoms. The third kappa shape index (κ3) is 4.26. The summed E-state index contributed by atoms with van der Waals surface area (Å²) in [6.07, 6.45) is 2.25. The highest BCUT2D eigenvalue weighted by Gasteiger charge is 2.09. The van der Waals surface area contributed by atoms with Crippen molar-refractivity contribution in [2.24, 2.45) is 0 Å². The van der Waals surface area contributed by atoms with Crippen molar-refractivity contribution in [1.82, 2.24) is 25.5 Å². The molecule has 1 N–H and O–H groups in total. The molecule has 2 rings (SSSR count). The molecule has 6 heteroatoms. The molecular formula is C15H23N5O. The topological polar surface area (TPSA) is 64.9 Å². The molecule has 114 valence electrons. The fraction of sp³-hybridized carbons (Fsp3) is 0.533. The van der Waals surface area contributed by atoms with Crippen molar-refractivity contribution >= 4 is 0 Å². The number of aromatic nitrogens is 4. The molecule has 0 aliphatic heterocycles. The number of nitrogens with one attached hydrogen (secondary N) is 1. The second-order valence-electron chi connectivity index (χ2n) is 5.02. The molecule has 0 radical (unpaired) electrons. The third-order valence-electron chi connectivity index (χ3n) is 3.22. The van der Waals surface area contributed by atoms with E-state index < -0.39 is 0 Å². The van der Waals surface area contributed by atoms with E-state index in [1.54, 1.807) is 4.68 Å². The molecule has 0 saturated carbocycles. The predicted molar refractivity (Wildman–Crippen MR) is 81.5 cm³/mol. The summed E-state index contributed by atoms with van der Waals surface area (Å²) in [4.78, 5) is 0. The van der Waals surface area contributed by atoms with Crippen LogP contribution in [-0.4, -0.2) is 32.9 Å². The van der Waals surface area contributed by atoms with Crippen LogP contribution in [0.1, 0.15) is 39.4 Å². The summed E-state index contributed by atoms with van der Waals surface area (Å²) in [6, 6.07) is 7.85. The Bertz CT molecular complexity index is 555. The lowest BCUT2D eigenvalue weighted by Crippen LogP contribution is -2.17. The minimum Gasteiger partial charge on any atom is -0.491 e. The van der Waals surface area contributed by atoms with Crippen LogP contribution in [0.4, 0.5) is 0 Å². The van der Waals surface area contributed by atoms with Gasteiger partial charge in [0.2, 0.25) is 0 Å². The fourth-order valence-corrected chi connectivity index (χ4v) is 1.90. The van der Waals surface area contributed by atoms with Gasteiger partial charge in [-0.3, -0.25) is 0 Å². The maximum atomic E-state index is 5.84. The number of ether oxygens (including phenoxy) is 1. The lowest BCUT2D eigenvalue weighted by molar-refractivity contribution is 0.217. The molecule has 6 nitrogen and oxygen atoms in total. The van der Waals surface area contributed by atoms with Crippen LogP contribution < -0.4 is 10.1 Å². The molecular weight excluding hydrogens is 266 g/mol. The average Bonchev–Trinajstić information content (AvgIpc) is 2.96. The number of tetrazole rings is 1. The van der Waals surface area contributed by atoms with Crippen LogP contribution >= 0.6 is 0 Å². The highest BCUT2D eigenvalue weighted by Crippen LogP contribution is 2.18. The van der Waals surface area contributed by atoms with Gasteiger partial charge in [0.1, 0.15) is 5.75 Å². The van der Waals surface area contributed by atoms with Crippen LogP contribution in [0.2, 0.25) is 0 Å². The summed E-state index contributed by atoms with van der Waals surface area (Å²) in [5.74, 6) is 1.63. The Hall–Kier alpha value is -1.95. The molecule has 0 aliphatic carbocycles. The lowest BCUT2D eigenvalue weighted by Gasteiger charge is -2.13. The van der Waals surface area contributed by atoms with Crippen LogP contribution in [0, 0.1) is 0 Å². The highest BCUT2D eigenvalue weighted by atomic mass is 16.5. The molecule has 1 atom stereocenters. The van der Waals surface area contributed by atoms with Crippen molar-refractivity contribution in [2.75, 3.05) is 6.54 Å². The lowest BCUT2D eigenvalue weighted by atomic mass is 10.2. The van der Waals surface area contributed by atoms with E-state index in [1.807, 2.05) is 24.3 Å². The molecule has 1 unspecified atom stereocenters. The summed E-state index contributed by atoms with van der Waals surface area (Å²) in [5.41, 5.74) is 0.911. The Balaban J connectivity index is 2.14. The second kappa shape index (κ2) is 7.73. The first-order valence-corrected chi connectivity index (χ1v) is 7.49. The maximum absolute atomic E-state index is 5.84. The smallest absolute Gasteiger partial charge is 0.170 e. The third-order valence-corrected chi connectivity index (χ3v) is 3.22. The van der Waals surface area contributed by atoms with Gasteiger partial charge < -0.3 is 10.1 Å². The zero-order valence-corrected chi connectivity index (χ0v) is 12.9. The molecule has 0 aliphatic rings. The SMILES string of the molecule is CCCNCc1nnnn1-c1cccc(OC(C)CC)c1. The van der Waals surface area contributed by atoms with E-state index in [9.17, 15) is 0 Å². The predicted octanol–water partition coefficient (Wildman–Crippen LogP) is 2.34. The monoisotopic (exact) mass is 289 g/mol. The zero-order valence-electron chi connectivity index (χ0n) is 12.9. The number of hydrogen-bond acceptors (Lipinski definition) is 5. The summed E-state index contributed by atoms with van der Waals surface area (Å²) >= 11 is 0. The first-order chi connectivity index (χ1) is 10.2. The summed E-state index contributed by atoms with van der Waals surface area (Å²) < 4.78 is 7.59. The van der Waals surface area contributed by atoms with Crippen molar-refractivity contribution in [2.45, 2.75) is 46.3 Å². The van der Waals surface area contributed by atoms with Gasteiger partial charge in [0.25, 0.3) is 0 Å². The summed E-state index contributed by atoms with van der Waals surface area (Å²) in [5, 5.41) is 15.2. The van der Waals surface area contributed by atoms with Gasteiger partial charge in [-0.1, -0.05) is 19.9 Å². The van der Waals surface area contributed by atoms with E-state index in [-0.39, 0.29) is 6.10 Å². The normalized spacial score (nSPS) is 12.3. The first-order valence-electron chi connectivity index (χ1n) is 7.49. The molecule has 0 fully saturated rings. The first kappa shape index (κ1) is 15.4. The van der Waals surface area contributed by atoms with Crippen molar-refractivity contribution in [1.29, 1.82) is 0 Å². The van der Waals surface area contributed by atoms with Crippen LogP contribution in [0.25, 0.3) is 5.69 Å². The van der Waals surface area contributed by atoms with E-state index in [0.717, 1.165) is 36.6 Å². The van der Waals surface area contributed by atoms with Crippen molar-refractivity contribution in [3.63, 3.8) is 0 Å². The standard InChI is InChI=1S/C15H23N5O/c1-4-9-16-11-15-17-18-19-20(15)13-7-6-8-14(10-13)21-12(3)5-2/h6-8,10,12,16H,4-5,9,11H2,1-3H3. The van der Waals surface area contributed by atoms with E-state index in [1.165, 1.54) is 0 Å². The second-order valence-corrected chi connectivity index (χ2v) is 5.02. The van der Waals surface area contributed by atoms with E-state index >= 15 is 0 Å². The zero-order chi connectivity index (χ0) is 15.1. The van der Waals surface area contributed by atoms with Gasteiger partial charge in [-0.2, -0.15) is 4.68 Å². The van der Waals surface area contributed by atoms with Gasteiger partial charge in [-0.25, -0.2) is 0 Å². The van der Waals surface area contributed by atoms with Crippen LogP contribution in [-0.2, 0) is 6.54 Å². The van der Waals surface area contributed by atoms with E-state index in [2.05, 4.69) is 41.6 Å². The summed E-state index contributed by atoms with van der Waals surface area (Å²) in [7, 11) is 0. The quantitative estimate of drug-likeness (QED) is 0.756.